The summed E-state index contributed by atoms with van der Waals surface area (Å²) in [6.45, 7) is 3.36. The molecule has 2 bridgehead atoms. The summed E-state index contributed by atoms with van der Waals surface area (Å²) in [6.07, 6.45) is 0.257. The average molecular weight is 910 g/mol. The number of ether oxygens (including phenoxy) is 5. The van der Waals surface area contributed by atoms with Crippen LogP contribution in [0.25, 0.3) is 6.08 Å². The Morgan fingerprint density at radius 1 is 0.938 bits per heavy atom. The number of rotatable bonds is 22. The van der Waals surface area contributed by atoms with Crippen LogP contribution in [0.1, 0.15) is 88.3 Å². The fourth-order valence-corrected chi connectivity index (χ4v) is 10.2. The van der Waals surface area contributed by atoms with Crippen molar-refractivity contribution in [1.29, 1.82) is 0 Å². The zero-order valence-electron chi connectivity index (χ0n) is 37.6. The fraction of sp³-hybridized carbons (Fsp3) is 0.646. The Kier molecular flexibility index (Phi) is 16.5. The Bertz CT molecular complexity index is 1930. The van der Waals surface area contributed by atoms with Gasteiger partial charge in [-0.2, -0.15) is 5.06 Å². The molecular weight excluding hydrogens is 843 g/mol. The first-order valence-corrected chi connectivity index (χ1v) is 23.3. The number of carbonyl (C=O) groups is 3. The van der Waals surface area contributed by atoms with Gasteiger partial charge in [-0.15, -0.1) is 0 Å². The molecule has 2 aromatic rings. The van der Waals surface area contributed by atoms with Crippen molar-refractivity contribution in [3.63, 3.8) is 0 Å². The topological polar surface area (TPSA) is 226 Å². The van der Waals surface area contributed by atoms with Gasteiger partial charge in [0, 0.05) is 39.3 Å². The Balaban J connectivity index is 1.21. The summed E-state index contributed by atoms with van der Waals surface area (Å²) in [6, 6.07) is 14.5. The quantitative estimate of drug-likeness (QED) is 0.0736. The monoisotopic (exact) mass is 909 g/mol. The molecule has 5 fully saturated rings. The summed E-state index contributed by atoms with van der Waals surface area (Å²) in [5.74, 6) is -2.54. The Hall–Kier alpha value is -3.85. The van der Waals surface area contributed by atoms with Gasteiger partial charge in [0.2, 0.25) is 11.8 Å². The lowest BCUT2D eigenvalue weighted by molar-refractivity contribution is -0.298. The molecule has 17 nitrogen and oxygen atoms in total. The number of carbonyl (C=O) groups excluding carboxylic acids is 3. The second kappa shape index (κ2) is 21.8. The molecule has 12 atom stereocenters. The molecule has 4 saturated heterocycles. The van der Waals surface area contributed by atoms with Gasteiger partial charge >= 0.3 is 5.97 Å². The van der Waals surface area contributed by atoms with E-state index in [2.05, 4.69) is 19.2 Å². The van der Waals surface area contributed by atoms with Crippen molar-refractivity contribution in [3.8, 4) is 0 Å². The molecule has 5 aliphatic rings. The molecule has 358 valence electrons. The highest BCUT2D eigenvalue weighted by atomic mass is 16.8. The number of aliphatic hydroxyl groups excluding tert-OH is 5. The van der Waals surface area contributed by atoms with E-state index >= 15 is 4.79 Å². The summed E-state index contributed by atoms with van der Waals surface area (Å²) in [5, 5.41) is 54.3. The third-order valence-corrected chi connectivity index (χ3v) is 13.6. The highest BCUT2D eigenvalue weighted by Crippen LogP contribution is 2.58. The molecule has 17 heteroatoms. The molecular formula is C48H67N3O14. The Morgan fingerprint density at radius 3 is 2.32 bits per heavy atom. The van der Waals surface area contributed by atoms with E-state index in [9.17, 15) is 35.1 Å². The van der Waals surface area contributed by atoms with Crippen molar-refractivity contribution in [2.75, 3.05) is 33.4 Å². The van der Waals surface area contributed by atoms with Crippen molar-refractivity contribution in [2.24, 2.45) is 5.41 Å². The highest BCUT2D eigenvalue weighted by Gasteiger charge is 2.76. The summed E-state index contributed by atoms with van der Waals surface area (Å²) in [4.78, 5) is 52.6. The van der Waals surface area contributed by atoms with Gasteiger partial charge in [-0.25, -0.2) is 0 Å². The third kappa shape index (κ3) is 10.2. The molecule has 65 heavy (non-hydrogen) atoms. The number of hydrogen-bond donors (Lipinski definition) is 6. The van der Waals surface area contributed by atoms with Crippen molar-refractivity contribution >= 4 is 23.9 Å². The smallest absolute Gasteiger partial charge is 0.327 e. The van der Waals surface area contributed by atoms with Crippen LogP contribution >= 0.6 is 0 Å². The minimum atomic E-state index is -1.58. The molecule has 0 radical (unpaired) electrons. The summed E-state index contributed by atoms with van der Waals surface area (Å²) in [7, 11) is 1.58. The predicted octanol–water partition coefficient (Wildman–Crippen LogP) is 2.14. The van der Waals surface area contributed by atoms with E-state index in [4.69, 9.17) is 28.5 Å². The fourth-order valence-electron chi connectivity index (χ4n) is 10.2. The first kappa shape index (κ1) is 49.1. The third-order valence-electron chi connectivity index (χ3n) is 13.6. The van der Waals surface area contributed by atoms with Crippen LogP contribution in [0.5, 0.6) is 0 Å². The zero-order valence-corrected chi connectivity index (χ0v) is 37.6. The van der Waals surface area contributed by atoms with Crippen molar-refractivity contribution in [1.82, 2.24) is 15.3 Å². The van der Waals surface area contributed by atoms with Gasteiger partial charge < -0.3 is 59.4 Å². The first-order valence-electron chi connectivity index (χ1n) is 23.3. The van der Waals surface area contributed by atoms with Crippen molar-refractivity contribution in [2.45, 2.75) is 158 Å². The normalized spacial score (nSPS) is 32.0. The predicted molar refractivity (Wildman–Crippen MR) is 234 cm³/mol. The van der Waals surface area contributed by atoms with Gasteiger partial charge in [-0.05, 0) is 29.5 Å². The van der Waals surface area contributed by atoms with Crippen molar-refractivity contribution < 1.29 is 68.4 Å². The lowest BCUT2D eigenvalue weighted by Crippen LogP contribution is -2.70. The number of fused-ring (bicyclic) bond motifs is 4. The molecule has 1 aliphatic carbocycles. The molecule has 4 heterocycles. The summed E-state index contributed by atoms with van der Waals surface area (Å²) < 4.78 is 31.5. The largest absolute Gasteiger partial charge is 0.458 e. The minimum Gasteiger partial charge on any atom is -0.458 e. The number of hydroxylamine groups is 2. The van der Waals surface area contributed by atoms with Gasteiger partial charge in [0.05, 0.1) is 26.4 Å². The van der Waals surface area contributed by atoms with Crippen LogP contribution in [-0.2, 0) is 55.9 Å². The lowest BCUT2D eigenvalue weighted by atomic mass is 9.62. The van der Waals surface area contributed by atoms with Crippen LogP contribution < -0.4 is 5.32 Å². The van der Waals surface area contributed by atoms with E-state index in [1.807, 2.05) is 54.6 Å². The molecule has 6 N–H and O–H groups in total. The standard InChI is InChI=1S/C48H67N3O14/c1-4-6-13-21-47(22-14-7-5-2)63-39-34-27-48(46(59)50(3)33(43(57)49-23-24-52)26-30-16-9-8-10-17-30)41(44(58)61-34)51(65-42(48)40(39)64-47)28-32-19-12-11-18-31(32)20-15-25-60-45-38(56)37(55)36(54)35(29-53)62-45/h8-12,15-20,33-42,45,52-56H,4-7,13-14,21-29H2,1-3H3,(H,49,57). The minimum absolute atomic E-state index is 0.00531. The Morgan fingerprint density at radius 2 is 1.63 bits per heavy atom. The van der Waals surface area contributed by atoms with E-state index in [-0.39, 0.29) is 39.1 Å². The number of amides is 2. The van der Waals surface area contributed by atoms with E-state index < -0.39 is 103 Å². The lowest BCUT2D eigenvalue weighted by Gasteiger charge is -2.50. The van der Waals surface area contributed by atoms with Crippen molar-refractivity contribution in [3.05, 3.63) is 77.4 Å². The molecule has 2 aromatic carbocycles. The second-order valence-corrected chi connectivity index (χ2v) is 18.0. The summed E-state index contributed by atoms with van der Waals surface area (Å²) >= 11 is 0. The van der Waals surface area contributed by atoms with Crippen LogP contribution in [0.2, 0.25) is 0 Å². The number of benzene rings is 2. The van der Waals surface area contributed by atoms with Crippen LogP contribution in [0.3, 0.4) is 0 Å². The van der Waals surface area contributed by atoms with Gasteiger partial charge in [0.15, 0.2) is 18.1 Å². The van der Waals surface area contributed by atoms with E-state index in [0.717, 1.165) is 55.2 Å². The number of aliphatic hydroxyl groups is 5. The molecule has 2 amide bonds. The number of likely N-dealkylation sites (N-methyl/N-ethyl adjacent to an activating group) is 1. The molecule has 0 spiro atoms. The first-order chi connectivity index (χ1) is 31.4. The average Bonchev–Trinajstić information content (AvgIpc) is 3.87. The highest BCUT2D eigenvalue weighted by molar-refractivity contribution is 5.96. The second-order valence-electron chi connectivity index (χ2n) is 18.0. The maximum absolute atomic E-state index is 15.7. The number of nitrogens with zero attached hydrogens (tertiary/aromatic N) is 2. The number of hydrogen-bond acceptors (Lipinski definition) is 15. The maximum Gasteiger partial charge on any atom is 0.327 e. The van der Waals surface area contributed by atoms with Crippen LogP contribution in [-0.4, -0.2) is 160 Å². The Labute approximate surface area is 380 Å². The molecule has 12 unspecified atom stereocenters. The SMILES string of the molecule is CCCCCC1(CCCCC)OC2C3CC4(C(=O)N(C)C(Cc5ccccc5)C(=O)NCCO)C(ON(Cc5ccccc5C=CCOC5OC(CO)C(O)C(O)C5O)C4C(=O)O3)C2O1. The molecule has 7 rings (SSSR count). The van der Waals surface area contributed by atoms with Crippen LogP contribution in [0, 0.1) is 5.41 Å². The van der Waals surface area contributed by atoms with Gasteiger partial charge in [0.25, 0.3) is 0 Å². The molecule has 4 aliphatic heterocycles. The van der Waals surface area contributed by atoms with E-state index in [1.165, 1.54) is 9.96 Å². The van der Waals surface area contributed by atoms with Crippen LogP contribution in [0.4, 0.5) is 0 Å². The summed E-state index contributed by atoms with van der Waals surface area (Å²) in [5.41, 5.74) is 0.702. The number of nitrogens with one attached hydrogen (secondary N) is 1. The number of esters is 1. The molecule has 1 saturated carbocycles. The van der Waals surface area contributed by atoms with Gasteiger partial charge in [-0.3, -0.25) is 19.2 Å². The van der Waals surface area contributed by atoms with E-state index in [0.29, 0.717) is 12.8 Å². The zero-order chi connectivity index (χ0) is 46.3. The molecule has 0 aromatic heterocycles. The number of unbranched alkanes of at least 4 members (excludes halogenated alkanes) is 4. The maximum atomic E-state index is 15.7. The van der Waals surface area contributed by atoms with Gasteiger partial charge in [-0.1, -0.05) is 106 Å². The van der Waals surface area contributed by atoms with Gasteiger partial charge in [0.1, 0.15) is 60.3 Å². The van der Waals surface area contributed by atoms with Crippen LogP contribution in [0.15, 0.2) is 60.7 Å². The van der Waals surface area contributed by atoms with E-state index in [1.54, 1.807) is 19.2 Å².